The number of rotatable bonds is 8. The molecule has 1 aromatic carbocycles. The fourth-order valence-electron chi connectivity index (χ4n) is 11.3. The second-order valence-electron chi connectivity index (χ2n) is 15.1. The van der Waals surface area contributed by atoms with Gasteiger partial charge in [-0.25, -0.2) is 4.98 Å². The van der Waals surface area contributed by atoms with E-state index < -0.39 is 23.8 Å². The summed E-state index contributed by atoms with van der Waals surface area (Å²) >= 11 is 0. The Labute approximate surface area is 257 Å². The number of aliphatic carboxylic acids is 2. The standard InChI is InChI=1S/C34H45N5O5/c40-31-30(35-8-9-37-18-26(32(41)42)27(19-37)33(43)44)36-28-6-1-2-7-29(28)38(31)25-13-23-4-3-5-24(14-25)39(23)34-15-20-10-21(16-34)12-22(11-20)17-34/h1-2,6-7,20-27H,3-5,8-19H2,(H,35,36)(H,41,42)(H,43,44)/t20?,21?,22?,23-,24+,25+,26-,27-,34?/m1/s1. The average Bonchev–Trinajstić information content (AvgIpc) is 3.41. The van der Waals surface area contributed by atoms with Crippen molar-refractivity contribution in [3.8, 4) is 0 Å². The van der Waals surface area contributed by atoms with Crippen LogP contribution in [-0.2, 0) is 9.59 Å². The Morgan fingerprint density at radius 1 is 0.864 bits per heavy atom. The van der Waals surface area contributed by atoms with Gasteiger partial charge in [-0.1, -0.05) is 18.6 Å². The first kappa shape index (κ1) is 28.5. The van der Waals surface area contributed by atoms with Crippen molar-refractivity contribution in [1.29, 1.82) is 0 Å². The van der Waals surface area contributed by atoms with E-state index in [2.05, 4.69) is 10.2 Å². The van der Waals surface area contributed by atoms with Gasteiger partial charge in [0.2, 0.25) is 0 Å². The Hall–Kier alpha value is -2.98. The van der Waals surface area contributed by atoms with Gasteiger partial charge in [-0.05, 0) is 94.1 Å². The zero-order valence-corrected chi connectivity index (χ0v) is 25.4. The average molecular weight is 604 g/mol. The highest BCUT2D eigenvalue weighted by Gasteiger charge is 2.58. The van der Waals surface area contributed by atoms with Gasteiger partial charge < -0.3 is 20.1 Å². The molecule has 4 heterocycles. The van der Waals surface area contributed by atoms with Gasteiger partial charge in [0.15, 0.2) is 5.82 Å². The van der Waals surface area contributed by atoms with Crippen LogP contribution in [0.2, 0.25) is 0 Å². The first-order valence-corrected chi connectivity index (χ1v) is 17.0. The lowest BCUT2D eigenvalue weighted by atomic mass is 9.51. The number of carboxylic acids is 2. The topological polar surface area (TPSA) is 128 Å². The molecular formula is C34H45N5O5. The Kier molecular flexibility index (Phi) is 7.01. The summed E-state index contributed by atoms with van der Waals surface area (Å²) in [5.41, 5.74) is 1.98. The van der Waals surface area contributed by atoms with Crippen molar-refractivity contribution in [3.63, 3.8) is 0 Å². The molecule has 5 atom stereocenters. The number of benzene rings is 1. The van der Waals surface area contributed by atoms with Crippen molar-refractivity contribution in [2.75, 3.05) is 31.5 Å². The maximum absolute atomic E-state index is 14.2. The Morgan fingerprint density at radius 3 is 2.05 bits per heavy atom. The molecule has 1 aromatic heterocycles. The highest BCUT2D eigenvalue weighted by atomic mass is 16.4. The van der Waals surface area contributed by atoms with Gasteiger partial charge in [0, 0.05) is 49.8 Å². The molecule has 7 fully saturated rings. The summed E-state index contributed by atoms with van der Waals surface area (Å²) < 4.78 is 2.03. The van der Waals surface area contributed by atoms with Crippen molar-refractivity contribution in [2.24, 2.45) is 29.6 Å². The number of aromatic nitrogens is 2. The van der Waals surface area contributed by atoms with Gasteiger partial charge >= 0.3 is 11.9 Å². The smallest absolute Gasteiger partial charge is 0.308 e. The molecule has 9 rings (SSSR count). The molecule has 4 saturated carbocycles. The van der Waals surface area contributed by atoms with Gasteiger partial charge in [-0.15, -0.1) is 0 Å². The Balaban J connectivity index is 1.03. The second-order valence-corrected chi connectivity index (χ2v) is 15.1. The molecule has 4 aliphatic carbocycles. The summed E-state index contributed by atoms with van der Waals surface area (Å²) in [6.07, 6.45) is 14.3. The van der Waals surface area contributed by atoms with Crippen LogP contribution in [0.3, 0.4) is 0 Å². The number of para-hydroxylation sites is 2. The van der Waals surface area contributed by atoms with E-state index in [1.807, 2.05) is 33.7 Å². The summed E-state index contributed by atoms with van der Waals surface area (Å²) in [6.45, 7) is 1.20. The van der Waals surface area contributed by atoms with Crippen LogP contribution >= 0.6 is 0 Å². The van der Waals surface area contributed by atoms with Crippen LogP contribution in [-0.4, -0.2) is 85.3 Å². The molecule has 0 spiro atoms. The number of fused-ring (bicyclic) bond motifs is 3. The highest BCUT2D eigenvalue weighted by Crippen LogP contribution is 2.60. The number of anilines is 1. The quantitative estimate of drug-likeness (QED) is 0.409. The SMILES string of the molecule is O=C(O)[C@@H]1CN(CCNc2nc3ccccc3n([C@H]3C[C@H]4CCC[C@@H](C3)N4C34CC5CC(CC(C5)C3)C4)c2=O)C[C@H]1C(=O)O. The minimum atomic E-state index is -1.08. The molecule has 7 aliphatic rings. The monoisotopic (exact) mass is 603 g/mol. The van der Waals surface area contributed by atoms with Crippen LogP contribution in [0.4, 0.5) is 5.82 Å². The van der Waals surface area contributed by atoms with Gasteiger partial charge in [0.25, 0.3) is 5.56 Å². The van der Waals surface area contributed by atoms with Crippen molar-refractivity contribution < 1.29 is 19.8 Å². The number of piperidine rings is 2. The number of carbonyl (C=O) groups is 2. The van der Waals surface area contributed by atoms with E-state index in [0.29, 0.717) is 36.5 Å². The maximum atomic E-state index is 14.2. The second kappa shape index (κ2) is 10.8. The first-order chi connectivity index (χ1) is 21.3. The minimum absolute atomic E-state index is 0.0942. The Morgan fingerprint density at radius 2 is 1.45 bits per heavy atom. The van der Waals surface area contributed by atoms with Crippen LogP contribution in [0.5, 0.6) is 0 Å². The van der Waals surface area contributed by atoms with Gasteiger partial charge in [-0.3, -0.25) is 24.2 Å². The van der Waals surface area contributed by atoms with Crippen molar-refractivity contribution in [2.45, 2.75) is 94.3 Å². The largest absolute Gasteiger partial charge is 0.481 e. The summed E-state index contributed by atoms with van der Waals surface area (Å²) in [6, 6.07) is 9.12. The molecule has 10 nitrogen and oxygen atoms in total. The molecule has 6 bridgehead atoms. The molecule has 0 unspecified atom stereocenters. The van der Waals surface area contributed by atoms with Crippen LogP contribution < -0.4 is 10.9 Å². The molecule has 3 aliphatic heterocycles. The molecule has 0 radical (unpaired) electrons. The number of carboxylic acid groups (broad SMARTS) is 2. The van der Waals surface area contributed by atoms with Crippen LogP contribution in [0, 0.1) is 29.6 Å². The zero-order chi connectivity index (χ0) is 30.2. The predicted molar refractivity (Wildman–Crippen MR) is 166 cm³/mol. The lowest BCUT2D eigenvalue weighted by Crippen LogP contribution is -2.68. The lowest BCUT2D eigenvalue weighted by molar-refractivity contribution is -0.151. The van der Waals surface area contributed by atoms with Gasteiger partial charge in [-0.2, -0.15) is 0 Å². The molecule has 44 heavy (non-hydrogen) atoms. The third-order valence-electron chi connectivity index (χ3n) is 12.4. The molecule has 10 heteroatoms. The molecule has 236 valence electrons. The number of hydrogen-bond donors (Lipinski definition) is 3. The third-order valence-corrected chi connectivity index (χ3v) is 12.4. The van der Waals surface area contributed by atoms with Crippen LogP contribution in [0.15, 0.2) is 29.1 Å². The van der Waals surface area contributed by atoms with Gasteiger partial charge in [0.05, 0.1) is 22.9 Å². The molecule has 0 amide bonds. The fourth-order valence-corrected chi connectivity index (χ4v) is 11.3. The summed E-state index contributed by atoms with van der Waals surface area (Å²) in [4.78, 5) is 47.0. The number of hydrogen-bond acceptors (Lipinski definition) is 7. The van der Waals surface area contributed by atoms with E-state index >= 15 is 0 Å². The summed E-state index contributed by atoms with van der Waals surface area (Å²) in [7, 11) is 0. The highest BCUT2D eigenvalue weighted by molar-refractivity contribution is 5.81. The minimum Gasteiger partial charge on any atom is -0.481 e. The van der Waals surface area contributed by atoms with E-state index in [1.54, 1.807) is 0 Å². The number of nitrogens with zero attached hydrogens (tertiary/aromatic N) is 4. The van der Waals surface area contributed by atoms with E-state index in [1.165, 1.54) is 57.8 Å². The Bertz CT molecular complexity index is 1450. The van der Waals surface area contributed by atoms with E-state index in [-0.39, 0.29) is 24.7 Å². The van der Waals surface area contributed by atoms with Crippen LogP contribution in [0.25, 0.3) is 11.0 Å². The molecule has 2 aromatic rings. The van der Waals surface area contributed by atoms with Crippen molar-refractivity contribution in [3.05, 3.63) is 34.6 Å². The number of nitrogens with one attached hydrogen (secondary N) is 1. The van der Waals surface area contributed by atoms with E-state index in [4.69, 9.17) is 4.98 Å². The van der Waals surface area contributed by atoms with E-state index in [0.717, 1.165) is 41.6 Å². The molecule has 3 N–H and O–H groups in total. The predicted octanol–water partition coefficient (Wildman–Crippen LogP) is 4.05. The fraction of sp³-hybridized carbons (Fsp3) is 0.706. The third kappa shape index (κ3) is 4.75. The van der Waals surface area contributed by atoms with Gasteiger partial charge in [0.1, 0.15) is 0 Å². The zero-order valence-electron chi connectivity index (χ0n) is 25.4. The molecule has 3 saturated heterocycles. The van der Waals surface area contributed by atoms with Crippen molar-refractivity contribution in [1.82, 2.24) is 19.4 Å². The number of likely N-dealkylation sites (tertiary alicyclic amines) is 1. The van der Waals surface area contributed by atoms with E-state index in [9.17, 15) is 24.6 Å². The van der Waals surface area contributed by atoms with Crippen LogP contribution in [0.1, 0.15) is 76.7 Å². The maximum Gasteiger partial charge on any atom is 0.308 e. The van der Waals surface area contributed by atoms with Crippen molar-refractivity contribution >= 4 is 28.8 Å². The molecular weight excluding hydrogens is 558 g/mol. The first-order valence-electron chi connectivity index (χ1n) is 17.0. The normalized spacial score (nSPS) is 38.3. The summed E-state index contributed by atoms with van der Waals surface area (Å²) in [5.74, 6) is -0.917. The lowest BCUT2D eigenvalue weighted by Gasteiger charge is -2.66. The summed E-state index contributed by atoms with van der Waals surface area (Å²) in [5, 5.41) is 22.2.